The lowest BCUT2D eigenvalue weighted by molar-refractivity contribution is -0.662. The van der Waals surface area contributed by atoms with Crippen LogP contribution in [0.1, 0.15) is 5.56 Å². The topological polar surface area (TPSA) is 35.1 Å². The summed E-state index contributed by atoms with van der Waals surface area (Å²) in [5, 5.41) is 2.17. The van der Waals surface area contributed by atoms with E-state index in [9.17, 15) is 0 Å². The standard InChI is InChI=1S/C14H18BrNO2/c1-4-6-16-10-11-8-12(15)14(18-7-5-2)13(9-11)17-3/h4-5,8-9,16H,1-2,6-7,10H2,3H3/p+1. The highest BCUT2D eigenvalue weighted by Gasteiger charge is 2.11. The molecular weight excluding hydrogens is 294 g/mol. The smallest absolute Gasteiger partial charge is 0.175 e. The summed E-state index contributed by atoms with van der Waals surface area (Å²) in [6, 6.07) is 4.03. The van der Waals surface area contributed by atoms with Crippen molar-refractivity contribution in [3.63, 3.8) is 0 Å². The van der Waals surface area contributed by atoms with Gasteiger partial charge in [0.25, 0.3) is 0 Å². The predicted molar refractivity (Wildman–Crippen MR) is 77.1 cm³/mol. The van der Waals surface area contributed by atoms with Gasteiger partial charge in [-0.2, -0.15) is 0 Å². The van der Waals surface area contributed by atoms with Crippen molar-refractivity contribution < 1.29 is 14.8 Å². The molecule has 98 valence electrons. The lowest BCUT2D eigenvalue weighted by Crippen LogP contribution is -2.82. The zero-order chi connectivity index (χ0) is 13.4. The number of rotatable bonds is 8. The summed E-state index contributed by atoms with van der Waals surface area (Å²) in [5.41, 5.74) is 1.17. The molecule has 0 radical (unpaired) electrons. The van der Waals surface area contributed by atoms with Crippen LogP contribution in [-0.4, -0.2) is 20.3 Å². The normalized spacial score (nSPS) is 9.89. The van der Waals surface area contributed by atoms with Gasteiger partial charge < -0.3 is 14.8 Å². The van der Waals surface area contributed by atoms with E-state index in [0.29, 0.717) is 12.4 Å². The van der Waals surface area contributed by atoms with Crippen LogP contribution in [0.25, 0.3) is 0 Å². The molecule has 0 fully saturated rings. The highest BCUT2D eigenvalue weighted by atomic mass is 79.9. The average Bonchev–Trinajstić information content (AvgIpc) is 2.37. The summed E-state index contributed by atoms with van der Waals surface area (Å²) >= 11 is 3.50. The van der Waals surface area contributed by atoms with Crippen LogP contribution in [-0.2, 0) is 6.54 Å². The van der Waals surface area contributed by atoms with E-state index in [0.717, 1.165) is 23.3 Å². The van der Waals surface area contributed by atoms with Crippen molar-refractivity contribution in [2.24, 2.45) is 0 Å². The van der Waals surface area contributed by atoms with Gasteiger partial charge in [0, 0.05) is 5.56 Å². The van der Waals surface area contributed by atoms with Gasteiger partial charge in [-0.3, -0.25) is 0 Å². The predicted octanol–water partition coefficient (Wildman–Crippen LogP) is 2.27. The molecule has 1 aromatic rings. The van der Waals surface area contributed by atoms with Gasteiger partial charge in [-0.1, -0.05) is 19.2 Å². The zero-order valence-corrected chi connectivity index (χ0v) is 12.2. The summed E-state index contributed by atoms with van der Waals surface area (Å²) in [5.74, 6) is 1.44. The van der Waals surface area contributed by atoms with Gasteiger partial charge in [0.15, 0.2) is 11.5 Å². The van der Waals surface area contributed by atoms with E-state index in [4.69, 9.17) is 9.47 Å². The number of hydrogen-bond acceptors (Lipinski definition) is 2. The van der Waals surface area contributed by atoms with Crippen molar-refractivity contribution in [1.82, 2.24) is 0 Å². The Morgan fingerprint density at radius 3 is 2.72 bits per heavy atom. The molecule has 3 nitrogen and oxygen atoms in total. The monoisotopic (exact) mass is 312 g/mol. The molecule has 1 rings (SSSR count). The van der Waals surface area contributed by atoms with E-state index in [1.165, 1.54) is 5.56 Å². The molecule has 0 bridgehead atoms. The van der Waals surface area contributed by atoms with Gasteiger partial charge in [0.1, 0.15) is 13.2 Å². The van der Waals surface area contributed by atoms with E-state index < -0.39 is 0 Å². The number of hydrogen-bond donors (Lipinski definition) is 1. The van der Waals surface area contributed by atoms with Gasteiger partial charge in [-0.15, -0.1) is 0 Å². The van der Waals surface area contributed by atoms with Crippen molar-refractivity contribution >= 4 is 15.9 Å². The van der Waals surface area contributed by atoms with Crippen molar-refractivity contribution in [3.8, 4) is 11.5 Å². The average molecular weight is 313 g/mol. The number of nitrogens with two attached hydrogens (primary N) is 1. The Labute approximate surface area is 117 Å². The summed E-state index contributed by atoms with van der Waals surface area (Å²) in [4.78, 5) is 0. The summed E-state index contributed by atoms with van der Waals surface area (Å²) < 4.78 is 11.8. The van der Waals surface area contributed by atoms with Gasteiger partial charge in [0.2, 0.25) is 0 Å². The van der Waals surface area contributed by atoms with Crippen LogP contribution in [0.4, 0.5) is 0 Å². The van der Waals surface area contributed by atoms with E-state index in [1.807, 2.05) is 18.2 Å². The Kier molecular flexibility index (Phi) is 6.54. The second-order valence-corrected chi connectivity index (χ2v) is 4.58. The van der Waals surface area contributed by atoms with Crippen molar-refractivity contribution in [1.29, 1.82) is 0 Å². The molecule has 0 atom stereocenters. The third kappa shape index (κ3) is 4.20. The lowest BCUT2D eigenvalue weighted by atomic mass is 10.2. The molecule has 18 heavy (non-hydrogen) atoms. The second kappa shape index (κ2) is 7.95. The second-order valence-electron chi connectivity index (χ2n) is 3.73. The first-order chi connectivity index (χ1) is 8.72. The Morgan fingerprint density at radius 1 is 1.33 bits per heavy atom. The van der Waals surface area contributed by atoms with Crippen molar-refractivity contribution in [2.75, 3.05) is 20.3 Å². The largest absolute Gasteiger partial charge is 0.493 e. The fourth-order valence-corrected chi connectivity index (χ4v) is 2.15. The molecule has 0 aliphatic carbocycles. The molecule has 0 aliphatic rings. The highest BCUT2D eigenvalue weighted by Crippen LogP contribution is 2.36. The molecule has 0 amide bonds. The molecule has 0 spiro atoms. The van der Waals surface area contributed by atoms with E-state index in [2.05, 4.69) is 34.4 Å². The van der Waals surface area contributed by atoms with Crippen LogP contribution in [0.3, 0.4) is 0 Å². The van der Waals surface area contributed by atoms with E-state index in [1.54, 1.807) is 13.2 Å². The van der Waals surface area contributed by atoms with Crippen molar-refractivity contribution in [3.05, 3.63) is 47.5 Å². The number of methoxy groups -OCH3 is 1. The molecule has 0 saturated carbocycles. The minimum atomic E-state index is 0.455. The third-order valence-corrected chi connectivity index (χ3v) is 2.94. The van der Waals surface area contributed by atoms with Gasteiger partial charge >= 0.3 is 0 Å². The van der Waals surface area contributed by atoms with E-state index in [-0.39, 0.29) is 0 Å². The minimum Gasteiger partial charge on any atom is -0.493 e. The fourth-order valence-electron chi connectivity index (χ4n) is 1.54. The highest BCUT2D eigenvalue weighted by molar-refractivity contribution is 9.10. The molecule has 0 unspecified atom stereocenters. The van der Waals surface area contributed by atoms with Crippen LogP contribution in [0.5, 0.6) is 11.5 Å². The van der Waals surface area contributed by atoms with Crippen LogP contribution >= 0.6 is 15.9 Å². The molecule has 0 heterocycles. The Hall–Kier alpha value is -1.26. The molecule has 0 aliphatic heterocycles. The minimum absolute atomic E-state index is 0.455. The number of ether oxygens (including phenoxy) is 2. The van der Waals surface area contributed by atoms with E-state index >= 15 is 0 Å². The van der Waals surface area contributed by atoms with Gasteiger partial charge in [-0.25, -0.2) is 0 Å². The maximum absolute atomic E-state index is 5.57. The first-order valence-corrected chi connectivity index (χ1v) is 6.54. The molecule has 1 aromatic carbocycles. The SMILES string of the molecule is C=CC[NH2+]Cc1cc(Br)c(OCC=C)c(OC)c1. The van der Waals surface area contributed by atoms with Gasteiger partial charge in [0.05, 0.1) is 18.1 Å². The summed E-state index contributed by atoms with van der Waals surface area (Å²) in [7, 11) is 1.64. The maximum atomic E-state index is 5.57. The Balaban J connectivity index is 2.87. The zero-order valence-electron chi connectivity index (χ0n) is 10.6. The Morgan fingerprint density at radius 2 is 2.11 bits per heavy atom. The number of benzene rings is 1. The quantitative estimate of drug-likeness (QED) is 0.590. The van der Waals surface area contributed by atoms with Crippen LogP contribution in [0, 0.1) is 0 Å². The van der Waals surface area contributed by atoms with Crippen molar-refractivity contribution in [2.45, 2.75) is 6.54 Å². The molecular formula is C14H19BrNO2+. The van der Waals surface area contributed by atoms with Crippen LogP contribution in [0.2, 0.25) is 0 Å². The Bertz CT molecular complexity index is 419. The maximum Gasteiger partial charge on any atom is 0.175 e. The summed E-state index contributed by atoms with van der Waals surface area (Å²) in [6.07, 6.45) is 3.59. The molecule has 2 N–H and O–H groups in total. The first kappa shape index (κ1) is 14.8. The molecule has 0 aromatic heterocycles. The third-order valence-electron chi connectivity index (χ3n) is 2.35. The molecule has 4 heteroatoms. The summed E-state index contributed by atoms with van der Waals surface area (Å²) in [6.45, 7) is 9.56. The lowest BCUT2D eigenvalue weighted by Gasteiger charge is -2.13. The van der Waals surface area contributed by atoms with Crippen LogP contribution in [0.15, 0.2) is 41.9 Å². The number of halogens is 1. The number of quaternary nitrogens is 1. The van der Waals surface area contributed by atoms with Crippen LogP contribution < -0.4 is 14.8 Å². The molecule has 0 saturated heterocycles. The van der Waals surface area contributed by atoms with Gasteiger partial charge in [-0.05, 0) is 34.1 Å². The fraction of sp³-hybridized carbons (Fsp3) is 0.286. The first-order valence-electron chi connectivity index (χ1n) is 5.75.